The number of carbonyl (C=O) groups excluding carboxylic acids is 1. The minimum absolute atomic E-state index is 0.293. The summed E-state index contributed by atoms with van der Waals surface area (Å²) in [4.78, 5) is 11.7. The lowest BCUT2D eigenvalue weighted by molar-refractivity contribution is -0.144. The molecule has 0 bridgehead atoms. The van der Waals surface area contributed by atoms with E-state index in [0.717, 1.165) is 23.3 Å². The van der Waals surface area contributed by atoms with E-state index in [-0.39, 0.29) is 5.97 Å². The summed E-state index contributed by atoms with van der Waals surface area (Å²) in [6.45, 7) is 6.15. The van der Waals surface area contributed by atoms with Crippen molar-refractivity contribution in [2.24, 2.45) is 0 Å². The van der Waals surface area contributed by atoms with E-state index in [0.29, 0.717) is 6.61 Å². The van der Waals surface area contributed by atoms with Crippen LogP contribution in [0.2, 0.25) is 0 Å². The van der Waals surface area contributed by atoms with Crippen molar-refractivity contribution in [1.29, 1.82) is 0 Å². The molecule has 4 heteroatoms. The molecule has 1 fully saturated rings. The van der Waals surface area contributed by atoms with Gasteiger partial charge in [-0.3, -0.25) is 0 Å². The molecule has 0 aromatic heterocycles. The summed E-state index contributed by atoms with van der Waals surface area (Å²) in [5.41, 5.74) is 1.53. The third kappa shape index (κ3) is 2.45. The van der Waals surface area contributed by atoms with Gasteiger partial charge in [0, 0.05) is 0 Å². The molecule has 2 rings (SSSR count). The van der Waals surface area contributed by atoms with Crippen LogP contribution in [0.25, 0.3) is 0 Å². The van der Waals surface area contributed by atoms with Gasteiger partial charge >= 0.3 is 5.97 Å². The number of rotatable bonds is 5. The molecule has 1 heterocycles. The van der Waals surface area contributed by atoms with Crippen LogP contribution in [-0.2, 0) is 26.3 Å². The van der Waals surface area contributed by atoms with Crippen LogP contribution >= 0.6 is 0 Å². The van der Waals surface area contributed by atoms with E-state index in [1.807, 2.05) is 25.1 Å². The first-order valence-electron chi connectivity index (χ1n) is 6.58. The molecule has 1 aromatic carbocycles. The van der Waals surface area contributed by atoms with Crippen molar-refractivity contribution in [3.8, 4) is 5.75 Å². The van der Waals surface area contributed by atoms with Crippen molar-refractivity contribution in [3.05, 3.63) is 29.3 Å². The molecule has 0 radical (unpaired) electrons. The highest BCUT2D eigenvalue weighted by atomic mass is 16.7. The zero-order valence-corrected chi connectivity index (χ0v) is 11.9. The van der Waals surface area contributed by atoms with Gasteiger partial charge in [-0.25, -0.2) is 4.79 Å². The normalized spacial score (nSPS) is 24.9. The molecule has 2 unspecified atom stereocenters. The van der Waals surface area contributed by atoms with Gasteiger partial charge in [0.05, 0.1) is 13.7 Å². The molecule has 4 nitrogen and oxygen atoms in total. The fourth-order valence-electron chi connectivity index (χ4n) is 2.28. The van der Waals surface area contributed by atoms with E-state index < -0.39 is 11.7 Å². The second kappa shape index (κ2) is 5.21. The third-order valence-electron chi connectivity index (χ3n) is 3.54. The number of aryl methyl sites for hydroxylation is 1. The van der Waals surface area contributed by atoms with Crippen LogP contribution in [0.15, 0.2) is 18.2 Å². The Kier molecular flexibility index (Phi) is 3.80. The van der Waals surface area contributed by atoms with Crippen LogP contribution < -0.4 is 4.74 Å². The van der Waals surface area contributed by atoms with Crippen molar-refractivity contribution in [1.82, 2.24) is 0 Å². The summed E-state index contributed by atoms with van der Waals surface area (Å²) in [5, 5.41) is 0. The molecule has 1 saturated heterocycles. The Hall–Kier alpha value is -1.55. The molecule has 0 N–H and O–H groups in total. The van der Waals surface area contributed by atoms with Crippen molar-refractivity contribution in [2.75, 3.05) is 13.7 Å². The maximum atomic E-state index is 11.7. The van der Waals surface area contributed by atoms with Crippen LogP contribution in [-0.4, -0.2) is 25.8 Å². The lowest BCUT2D eigenvalue weighted by Crippen LogP contribution is -2.19. The lowest BCUT2D eigenvalue weighted by atomic mass is 9.94. The van der Waals surface area contributed by atoms with Crippen molar-refractivity contribution in [2.45, 2.75) is 38.9 Å². The summed E-state index contributed by atoms with van der Waals surface area (Å²) in [6.07, 6.45) is 0.377. The van der Waals surface area contributed by atoms with Gasteiger partial charge in [0.25, 0.3) is 0 Å². The maximum Gasteiger partial charge on any atom is 0.338 e. The molecule has 0 aliphatic carbocycles. The smallest absolute Gasteiger partial charge is 0.338 e. The van der Waals surface area contributed by atoms with E-state index in [2.05, 4.69) is 6.92 Å². The highest BCUT2D eigenvalue weighted by Gasteiger charge is 2.59. The van der Waals surface area contributed by atoms with Gasteiger partial charge in [-0.05, 0) is 43.5 Å². The number of benzene rings is 1. The zero-order chi connectivity index (χ0) is 14.0. The van der Waals surface area contributed by atoms with E-state index in [1.54, 1.807) is 14.0 Å². The lowest BCUT2D eigenvalue weighted by Gasteiger charge is -2.12. The first kappa shape index (κ1) is 13.9. The van der Waals surface area contributed by atoms with E-state index in [9.17, 15) is 4.79 Å². The number of hydrogen-bond donors (Lipinski definition) is 0. The van der Waals surface area contributed by atoms with Crippen LogP contribution in [0, 0.1) is 0 Å². The van der Waals surface area contributed by atoms with Gasteiger partial charge in [-0.15, -0.1) is 0 Å². The Morgan fingerprint density at radius 1 is 1.42 bits per heavy atom. The van der Waals surface area contributed by atoms with Crippen molar-refractivity contribution < 1.29 is 19.0 Å². The monoisotopic (exact) mass is 264 g/mol. The van der Waals surface area contributed by atoms with Crippen LogP contribution in [0.1, 0.15) is 31.9 Å². The second-order valence-electron chi connectivity index (χ2n) is 4.74. The number of hydrogen-bond acceptors (Lipinski definition) is 4. The molecule has 104 valence electrons. The van der Waals surface area contributed by atoms with Gasteiger partial charge in [-0.2, -0.15) is 0 Å². The number of carbonyl (C=O) groups is 1. The van der Waals surface area contributed by atoms with Gasteiger partial charge in [0.15, 0.2) is 6.10 Å². The SMILES string of the molecule is CCOC(=O)C1OC1(C)c1ccc(OC)c(CC)c1. The van der Waals surface area contributed by atoms with Crippen LogP contribution in [0.5, 0.6) is 5.75 Å². The fourth-order valence-corrected chi connectivity index (χ4v) is 2.28. The summed E-state index contributed by atoms with van der Waals surface area (Å²) in [6, 6.07) is 5.90. The van der Waals surface area contributed by atoms with Gasteiger partial charge in [0.2, 0.25) is 0 Å². The summed E-state index contributed by atoms with van der Waals surface area (Å²) in [5.74, 6) is 0.571. The second-order valence-corrected chi connectivity index (χ2v) is 4.74. The first-order chi connectivity index (χ1) is 9.06. The average molecular weight is 264 g/mol. The number of esters is 1. The summed E-state index contributed by atoms with van der Waals surface area (Å²) >= 11 is 0. The van der Waals surface area contributed by atoms with E-state index in [4.69, 9.17) is 14.2 Å². The predicted molar refractivity (Wildman–Crippen MR) is 71.2 cm³/mol. The first-order valence-corrected chi connectivity index (χ1v) is 6.58. The molecule has 1 aromatic rings. The zero-order valence-electron chi connectivity index (χ0n) is 11.9. The molecule has 1 aliphatic rings. The molecule has 19 heavy (non-hydrogen) atoms. The van der Waals surface area contributed by atoms with Gasteiger partial charge in [-0.1, -0.05) is 13.0 Å². The van der Waals surface area contributed by atoms with E-state index in [1.165, 1.54) is 0 Å². The largest absolute Gasteiger partial charge is 0.496 e. The molecule has 0 spiro atoms. The number of methoxy groups -OCH3 is 1. The average Bonchev–Trinajstić information content (AvgIpc) is 3.12. The Morgan fingerprint density at radius 2 is 2.16 bits per heavy atom. The molecular formula is C15H20O4. The number of epoxide rings is 1. The fraction of sp³-hybridized carbons (Fsp3) is 0.533. The summed E-state index contributed by atoms with van der Waals surface area (Å²) in [7, 11) is 1.66. The quantitative estimate of drug-likeness (QED) is 0.605. The molecular weight excluding hydrogens is 244 g/mol. The van der Waals surface area contributed by atoms with Gasteiger partial charge < -0.3 is 14.2 Å². The molecule has 1 aliphatic heterocycles. The Bertz CT molecular complexity index is 483. The Morgan fingerprint density at radius 3 is 2.74 bits per heavy atom. The van der Waals surface area contributed by atoms with Crippen LogP contribution in [0.4, 0.5) is 0 Å². The Balaban J connectivity index is 2.22. The minimum Gasteiger partial charge on any atom is -0.496 e. The van der Waals surface area contributed by atoms with Crippen molar-refractivity contribution in [3.63, 3.8) is 0 Å². The number of ether oxygens (including phenoxy) is 3. The predicted octanol–water partition coefficient (Wildman–Crippen LogP) is 2.43. The maximum absolute atomic E-state index is 11.7. The molecule has 0 saturated carbocycles. The standard InChI is InChI=1S/C15H20O4/c1-5-10-9-11(7-8-12(10)17-4)15(3)13(19-15)14(16)18-6-2/h7-9,13H,5-6H2,1-4H3. The highest BCUT2D eigenvalue weighted by Crippen LogP contribution is 2.47. The third-order valence-corrected chi connectivity index (χ3v) is 3.54. The highest BCUT2D eigenvalue weighted by molar-refractivity contribution is 5.79. The van der Waals surface area contributed by atoms with Gasteiger partial charge in [0.1, 0.15) is 11.4 Å². The molecule has 0 amide bonds. The van der Waals surface area contributed by atoms with Crippen LogP contribution in [0.3, 0.4) is 0 Å². The summed E-state index contributed by atoms with van der Waals surface area (Å²) < 4.78 is 15.9. The minimum atomic E-state index is -0.567. The molecule has 2 atom stereocenters. The Labute approximate surface area is 113 Å². The van der Waals surface area contributed by atoms with Crippen molar-refractivity contribution >= 4 is 5.97 Å². The topological polar surface area (TPSA) is 48.1 Å². The van der Waals surface area contributed by atoms with E-state index >= 15 is 0 Å².